The maximum absolute atomic E-state index is 13.3. The van der Waals surface area contributed by atoms with Crippen LogP contribution in [-0.4, -0.2) is 30.7 Å². The molecule has 0 aliphatic carbocycles. The molecule has 0 aliphatic rings. The first-order chi connectivity index (χ1) is 7.54. The van der Waals surface area contributed by atoms with Crippen LogP contribution in [0, 0.1) is 5.82 Å². The second-order valence-corrected chi connectivity index (χ2v) is 4.10. The van der Waals surface area contributed by atoms with E-state index in [9.17, 15) is 9.18 Å². The molecule has 4 nitrogen and oxygen atoms in total. The summed E-state index contributed by atoms with van der Waals surface area (Å²) in [5.74, 6) is -1.39. The Bertz CT molecular complexity index is 387. The van der Waals surface area contributed by atoms with E-state index in [4.69, 9.17) is 5.11 Å². The quantitative estimate of drug-likeness (QED) is 0.772. The molecule has 6 heteroatoms. The molecule has 16 heavy (non-hydrogen) atoms. The van der Waals surface area contributed by atoms with Crippen molar-refractivity contribution in [3.63, 3.8) is 0 Å². The van der Waals surface area contributed by atoms with E-state index in [1.165, 1.54) is 13.1 Å². The van der Waals surface area contributed by atoms with Crippen molar-refractivity contribution in [3.8, 4) is 0 Å². The first kappa shape index (κ1) is 12.9. The average Bonchev–Trinajstić information content (AvgIpc) is 2.23. The zero-order valence-corrected chi connectivity index (χ0v) is 10.2. The molecule has 0 saturated heterocycles. The van der Waals surface area contributed by atoms with Crippen LogP contribution >= 0.6 is 15.9 Å². The van der Waals surface area contributed by atoms with Gasteiger partial charge < -0.3 is 15.7 Å². The maximum Gasteiger partial charge on any atom is 0.322 e. The molecule has 1 aromatic carbocycles. The van der Waals surface area contributed by atoms with Gasteiger partial charge in [0.05, 0.1) is 5.69 Å². The summed E-state index contributed by atoms with van der Waals surface area (Å²) >= 11 is 3.21. The molecule has 1 unspecified atom stereocenters. The van der Waals surface area contributed by atoms with E-state index in [1.807, 2.05) is 0 Å². The summed E-state index contributed by atoms with van der Waals surface area (Å²) in [4.78, 5) is 10.7. The molecule has 1 rings (SSSR count). The fourth-order valence-electron chi connectivity index (χ4n) is 1.16. The molecular weight excluding hydrogens is 279 g/mol. The Morgan fingerprint density at radius 2 is 2.31 bits per heavy atom. The van der Waals surface area contributed by atoms with Crippen molar-refractivity contribution in [3.05, 3.63) is 28.5 Å². The number of rotatable bonds is 5. The Kier molecular flexibility index (Phi) is 4.70. The van der Waals surface area contributed by atoms with E-state index in [0.29, 0.717) is 0 Å². The minimum atomic E-state index is -0.981. The summed E-state index contributed by atoms with van der Waals surface area (Å²) in [6, 6.07) is 3.69. The third kappa shape index (κ3) is 3.46. The van der Waals surface area contributed by atoms with E-state index < -0.39 is 17.8 Å². The summed E-state index contributed by atoms with van der Waals surface area (Å²) in [5.41, 5.74) is 0.274. The molecule has 0 spiro atoms. The molecule has 0 radical (unpaired) electrons. The van der Waals surface area contributed by atoms with Crippen LogP contribution in [-0.2, 0) is 4.79 Å². The van der Waals surface area contributed by atoms with Crippen molar-refractivity contribution in [1.29, 1.82) is 0 Å². The summed E-state index contributed by atoms with van der Waals surface area (Å²) in [6.07, 6.45) is 0. The monoisotopic (exact) mass is 290 g/mol. The Morgan fingerprint density at radius 1 is 1.62 bits per heavy atom. The molecule has 0 aromatic heterocycles. The van der Waals surface area contributed by atoms with Gasteiger partial charge in [0.2, 0.25) is 0 Å². The van der Waals surface area contributed by atoms with Crippen LogP contribution in [0.3, 0.4) is 0 Å². The molecule has 0 amide bonds. The Morgan fingerprint density at radius 3 is 2.88 bits per heavy atom. The van der Waals surface area contributed by atoms with Crippen molar-refractivity contribution in [2.75, 3.05) is 18.9 Å². The van der Waals surface area contributed by atoms with E-state index in [-0.39, 0.29) is 12.2 Å². The third-order valence-corrected chi connectivity index (χ3v) is 2.56. The molecule has 1 aromatic rings. The number of hydrogen-bond acceptors (Lipinski definition) is 3. The van der Waals surface area contributed by atoms with Gasteiger partial charge in [-0.2, -0.15) is 0 Å². The average molecular weight is 291 g/mol. The Hall–Kier alpha value is -1.14. The van der Waals surface area contributed by atoms with Gasteiger partial charge in [0.1, 0.15) is 11.9 Å². The summed E-state index contributed by atoms with van der Waals surface area (Å²) in [5, 5.41) is 14.1. The van der Waals surface area contributed by atoms with Crippen LogP contribution in [0.1, 0.15) is 0 Å². The number of nitrogens with one attached hydrogen (secondary N) is 2. The number of aliphatic carboxylic acids is 1. The number of hydrogen-bond donors (Lipinski definition) is 3. The molecule has 0 heterocycles. The van der Waals surface area contributed by atoms with Gasteiger partial charge in [0, 0.05) is 11.0 Å². The normalized spacial score (nSPS) is 12.2. The number of likely N-dealkylation sites (N-methyl/N-ethyl adjacent to an activating group) is 1. The van der Waals surface area contributed by atoms with Gasteiger partial charge in [-0.1, -0.05) is 15.9 Å². The van der Waals surface area contributed by atoms with Crippen molar-refractivity contribution in [2.24, 2.45) is 0 Å². The van der Waals surface area contributed by atoms with E-state index in [0.717, 1.165) is 4.47 Å². The molecule has 0 bridgehead atoms. The third-order valence-electron chi connectivity index (χ3n) is 2.07. The van der Waals surface area contributed by atoms with E-state index >= 15 is 0 Å². The van der Waals surface area contributed by atoms with Crippen LogP contribution in [0.2, 0.25) is 0 Å². The SMILES string of the molecule is CNC(CNc1cc(Br)ccc1F)C(=O)O. The predicted octanol–water partition coefficient (Wildman–Crippen LogP) is 1.67. The maximum atomic E-state index is 13.3. The van der Waals surface area contributed by atoms with Crippen LogP contribution in [0.15, 0.2) is 22.7 Å². The van der Waals surface area contributed by atoms with Crippen LogP contribution in [0.25, 0.3) is 0 Å². The first-order valence-electron chi connectivity index (χ1n) is 4.63. The lowest BCUT2D eigenvalue weighted by Gasteiger charge is -2.13. The molecule has 88 valence electrons. The van der Waals surface area contributed by atoms with Crippen LogP contribution in [0.4, 0.5) is 10.1 Å². The highest BCUT2D eigenvalue weighted by molar-refractivity contribution is 9.10. The number of anilines is 1. The zero-order chi connectivity index (χ0) is 12.1. The fourth-order valence-corrected chi connectivity index (χ4v) is 1.52. The van der Waals surface area contributed by atoms with Crippen molar-refractivity contribution >= 4 is 27.6 Å². The molecule has 0 aliphatic heterocycles. The lowest BCUT2D eigenvalue weighted by molar-refractivity contribution is -0.138. The standard InChI is InChI=1S/C10H12BrFN2O2/c1-13-9(10(15)16)5-14-8-4-6(11)2-3-7(8)12/h2-4,9,13-14H,5H2,1H3,(H,15,16). The zero-order valence-electron chi connectivity index (χ0n) is 8.63. The number of carboxylic acids is 1. The highest BCUT2D eigenvalue weighted by Crippen LogP contribution is 2.19. The fraction of sp³-hybridized carbons (Fsp3) is 0.300. The van der Waals surface area contributed by atoms with Crippen LogP contribution < -0.4 is 10.6 Å². The minimum absolute atomic E-state index is 0.110. The highest BCUT2D eigenvalue weighted by Gasteiger charge is 2.14. The smallest absolute Gasteiger partial charge is 0.322 e. The lowest BCUT2D eigenvalue weighted by atomic mass is 10.2. The van der Waals surface area contributed by atoms with Gasteiger partial charge in [-0.25, -0.2) is 4.39 Å². The van der Waals surface area contributed by atoms with Gasteiger partial charge in [-0.15, -0.1) is 0 Å². The first-order valence-corrected chi connectivity index (χ1v) is 5.43. The lowest BCUT2D eigenvalue weighted by Crippen LogP contribution is -2.39. The number of carbonyl (C=O) groups is 1. The summed E-state index contributed by atoms with van der Waals surface area (Å²) < 4.78 is 14.0. The topological polar surface area (TPSA) is 61.4 Å². The summed E-state index contributed by atoms with van der Waals surface area (Å²) in [6.45, 7) is 0.110. The largest absolute Gasteiger partial charge is 0.480 e. The van der Waals surface area contributed by atoms with Gasteiger partial charge in [0.15, 0.2) is 0 Å². The van der Waals surface area contributed by atoms with E-state index in [1.54, 1.807) is 12.1 Å². The number of carboxylic acid groups (broad SMARTS) is 1. The van der Waals surface area contributed by atoms with Crippen molar-refractivity contribution < 1.29 is 14.3 Å². The Balaban J connectivity index is 2.66. The molecule has 0 saturated carbocycles. The molecule has 3 N–H and O–H groups in total. The second kappa shape index (κ2) is 5.81. The highest BCUT2D eigenvalue weighted by atomic mass is 79.9. The van der Waals surface area contributed by atoms with Gasteiger partial charge >= 0.3 is 5.97 Å². The summed E-state index contributed by atoms with van der Waals surface area (Å²) in [7, 11) is 1.54. The minimum Gasteiger partial charge on any atom is -0.480 e. The van der Waals surface area contributed by atoms with Crippen LogP contribution in [0.5, 0.6) is 0 Å². The van der Waals surface area contributed by atoms with Crippen molar-refractivity contribution in [1.82, 2.24) is 5.32 Å². The molecular formula is C10H12BrFN2O2. The van der Waals surface area contributed by atoms with Gasteiger partial charge in [0.25, 0.3) is 0 Å². The van der Waals surface area contributed by atoms with E-state index in [2.05, 4.69) is 26.6 Å². The number of halogens is 2. The van der Waals surface area contributed by atoms with Gasteiger partial charge in [-0.3, -0.25) is 4.79 Å². The van der Waals surface area contributed by atoms with Gasteiger partial charge in [-0.05, 0) is 25.2 Å². The predicted molar refractivity (Wildman–Crippen MR) is 63.1 cm³/mol. The second-order valence-electron chi connectivity index (χ2n) is 3.18. The molecule has 0 fully saturated rings. The Labute approximate surface area is 101 Å². The van der Waals surface area contributed by atoms with Crippen molar-refractivity contribution in [2.45, 2.75) is 6.04 Å². The molecule has 1 atom stereocenters. The number of benzene rings is 1.